The van der Waals surface area contributed by atoms with Gasteiger partial charge in [-0.25, -0.2) is 4.39 Å². The van der Waals surface area contributed by atoms with Crippen molar-refractivity contribution in [3.8, 4) is 0 Å². The number of aliphatic hydroxyl groups is 1. The van der Waals surface area contributed by atoms with Gasteiger partial charge in [-0.3, -0.25) is 0 Å². The number of alkyl halides is 1. The van der Waals surface area contributed by atoms with Crippen molar-refractivity contribution >= 4 is 0 Å². The molecular formula is C8H16FNO. The second-order valence-corrected chi connectivity index (χ2v) is 3.81. The number of hydrogen-bond donors (Lipinski definition) is 1. The summed E-state index contributed by atoms with van der Waals surface area (Å²) < 4.78 is 13.2. The number of nitrogens with zero attached hydrogens (tertiary/aromatic N) is 1. The molecule has 2 unspecified atom stereocenters. The number of aliphatic hydroxyl groups excluding tert-OH is 1. The van der Waals surface area contributed by atoms with E-state index in [0.717, 1.165) is 6.54 Å². The molecule has 0 aliphatic carbocycles. The van der Waals surface area contributed by atoms with E-state index in [2.05, 4.69) is 4.90 Å². The van der Waals surface area contributed by atoms with Gasteiger partial charge >= 0.3 is 0 Å². The van der Waals surface area contributed by atoms with Crippen LogP contribution in [0, 0.1) is 5.41 Å². The van der Waals surface area contributed by atoms with Crippen molar-refractivity contribution in [2.24, 2.45) is 5.41 Å². The van der Waals surface area contributed by atoms with E-state index in [1.165, 1.54) is 0 Å². The van der Waals surface area contributed by atoms with Gasteiger partial charge in [-0.1, -0.05) is 6.92 Å². The van der Waals surface area contributed by atoms with Crippen LogP contribution in [0.2, 0.25) is 0 Å². The first-order chi connectivity index (χ1) is 5.08. The van der Waals surface area contributed by atoms with Crippen molar-refractivity contribution in [3.63, 3.8) is 0 Å². The van der Waals surface area contributed by atoms with Crippen LogP contribution in [0.15, 0.2) is 0 Å². The quantitative estimate of drug-likeness (QED) is 0.610. The van der Waals surface area contributed by atoms with Crippen LogP contribution in [-0.4, -0.2) is 42.9 Å². The summed E-state index contributed by atoms with van der Waals surface area (Å²) in [5.41, 5.74) is -0.535. The average molecular weight is 161 g/mol. The van der Waals surface area contributed by atoms with Crippen molar-refractivity contribution in [3.05, 3.63) is 0 Å². The summed E-state index contributed by atoms with van der Waals surface area (Å²) in [6.45, 7) is 3.20. The normalized spacial score (nSPS) is 40.9. The minimum Gasteiger partial charge on any atom is -0.396 e. The van der Waals surface area contributed by atoms with E-state index in [-0.39, 0.29) is 6.61 Å². The first kappa shape index (κ1) is 8.94. The largest absolute Gasteiger partial charge is 0.396 e. The maximum absolute atomic E-state index is 13.2. The lowest BCUT2D eigenvalue weighted by molar-refractivity contribution is -0.0138. The molecule has 0 amide bonds. The van der Waals surface area contributed by atoms with Gasteiger partial charge in [-0.15, -0.1) is 0 Å². The van der Waals surface area contributed by atoms with Crippen LogP contribution in [-0.2, 0) is 0 Å². The zero-order valence-corrected chi connectivity index (χ0v) is 7.18. The fraction of sp³-hybridized carbons (Fsp3) is 1.00. The van der Waals surface area contributed by atoms with E-state index in [1.807, 2.05) is 7.05 Å². The fourth-order valence-corrected chi connectivity index (χ4v) is 1.63. The van der Waals surface area contributed by atoms with Crippen LogP contribution in [0.1, 0.15) is 13.3 Å². The van der Waals surface area contributed by atoms with Gasteiger partial charge in [-0.2, -0.15) is 0 Å². The van der Waals surface area contributed by atoms with Crippen molar-refractivity contribution in [2.45, 2.75) is 19.5 Å². The molecule has 1 saturated heterocycles. The molecular weight excluding hydrogens is 145 g/mol. The molecule has 1 fully saturated rings. The predicted octanol–water partition coefficient (Wildman–Crippen LogP) is 0.659. The zero-order valence-electron chi connectivity index (χ0n) is 7.18. The lowest BCUT2D eigenvalue weighted by atomic mass is 9.81. The monoisotopic (exact) mass is 161 g/mol. The highest BCUT2D eigenvalue weighted by Crippen LogP contribution is 2.30. The molecule has 0 radical (unpaired) electrons. The smallest absolute Gasteiger partial charge is 0.110 e. The lowest BCUT2D eigenvalue weighted by Crippen LogP contribution is -2.48. The van der Waals surface area contributed by atoms with Crippen molar-refractivity contribution in [1.82, 2.24) is 4.90 Å². The summed E-state index contributed by atoms with van der Waals surface area (Å²) in [6, 6.07) is 0. The van der Waals surface area contributed by atoms with Crippen LogP contribution in [0.3, 0.4) is 0 Å². The van der Waals surface area contributed by atoms with Gasteiger partial charge in [0.15, 0.2) is 0 Å². The molecule has 0 aromatic carbocycles. The molecule has 1 N–H and O–H groups in total. The lowest BCUT2D eigenvalue weighted by Gasteiger charge is -2.40. The molecule has 1 rings (SSSR count). The maximum Gasteiger partial charge on any atom is 0.110 e. The molecule has 11 heavy (non-hydrogen) atoms. The molecule has 3 heteroatoms. The molecule has 1 heterocycles. The molecule has 0 spiro atoms. The number of rotatable bonds is 1. The molecule has 0 bridgehead atoms. The molecule has 2 atom stereocenters. The third kappa shape index (κ3) is 1.71. The van der Waals surface area contributed by atoms with Gasteiger partial charge in [0.1, 0.15) is 6.17 Å². The number of likely N-dealkylation sites (tertiary alicyclic amines) is 1. The number of halogens is 1. The highest BCUT2D eigenvalue weighted by atomic mass is 19.1. The Morgan fingerprint density at radius 2 is 2.36 bits per heavy atom. The van der Waals surface area contributed by atoms with Crippen molar-refractivity contribution < 1.29 is 9.50 Å². The first-order valence-electron chi connectivity index (χ1n) is 4.02. The van der Waals surface area contributed by atoms with E-state index in [1.54, 1.807) is 6.92 Å². The van der Waals surface area contributed by atoms with Gasteiger partial charge in [-0.05, 0) is 13.5 Å². The molecule has 0 aromatic heterocycles. The van der Waals surface area contributed by atoms with Crippen LogP contribution in [0.5, 0.6) is 0 Å². The highest BCUT2D eigenvalue weighted by Gasteiger charge is 2.38. The van der Waals surface area contributed by atoms with E-state index < -0.39 is 11.6 Å². The minimum absolute atomic E-state index is 0.0570. The zero-order chi connectivity index (χ0) is 8.48. The molecule has 2 nitrogen and oxygen atoms in total. The third-order valence-corrected chi connectivity index (χ3v) is 2.51. The van der Waals surface area contributed by atoms with E-state index in [9.17, 15) is 4.39 Å². The number of piperidine rings is 1. The summed E-state index contributed by atoms with van der Waals surface area (Å²) in [4.78, 5) is 2.06. The van der Waals surface area contributed by atoms with Gasteiger partial charge in [0.25, 0.3) is 0 Å². The predicted molar refractivity (Wildman–Crippen MR) is 42.2 cm³/mol. The topological polar surface area (TPSA) is 23.5 Å². The van der Waals surface area contributed by atoms with Crippen LogP contribution in [0.25, 0.3) is 0 Å². The van der Waals surface area contributed by atoms with E-state index in [4.69, 9.17) is 5.11 Å². The van der Waals surface area contributed by atoms with Crippen molar-refractivity contribution in [2.75, 3.05) is 26.7 Å². The van der Waals surface area contributed by atoms with E-state index >= 15 is 0 Å². The Labute approximate surface area is 67.0 Å². The molecule has 66 valence electrons. The Morgan fingerprint density at radius 3 is 2.82 bits per heavy atom. The van der Waals surface area contributed by atoms with Crippen molar-refractivity contribution in [1.29, 1.82) is 0 Å². The molecule has 0 aromatic rings. The summed E-state index contributed by atoms with van der Waals surface area (Å²) >= 11 is 0. The Hall–Kier alpha value is -0.150. The van der Waals surface area contributed by atoms with Gasteiger partial charge in [0.2, 0.25) is 0 Å². The highest BCUT2D eigenvalue weighted by molar-refractivity contribution is 4.89. The Morgan fingerprint density at radius 1 is 1.73 bits per heavy atom. The average Bonchev–Trinajstić information content (AvgIpc) is 1.98. The van der Waals surface area contributed by atoms with E-state index in [0.29, 0.717) is 13.0 Å². The first-order valence-corrected chi connectivity index (χ1v) is 4.02. The van der Waals surface area contributed by atoms with Crippen LogP contribution >= 0.6 is 0 Å². The summed E-state index contributed by atoms with van der Waals surface area (Å²) in [7, 11) is 1.96. The van der Waals surface area contributed by atoms with Gasteiger partial charge < -0.3 is 10.0 Å². The van der Waals surface area contributed by atoms with Crippen LogP contribution < -0.4 is 0 Å². The summed E-state index contributed by atoms with van der Waals surface area (Å²) in [5.74, 6) is 0. The second kappa shape index (κ2) is 3.07. The Bertz CT molecular complexity index is 142. The SMILES string of the molecule is CN1CCC(F)C(C)(CO)C1. The van der Waals surface area contributed by atoms with Gasteiger partial charge in [0, 0.05) is 18.5 Å². The summed E-state index contributed by atoms with van der Waals surface area (Å²) in [5, 5.41) is 8.97. The molecule has 1 aliphatic rings. The minimum atomic E-state index is -0.844. The molecule has 0 saturated carbocycles. The molecule has 1 aliphatic heterocycles. The van der Waals surface area contributed by atoms with Gasteiger partial charge in [0.05, 0.1) is 6.61 Å². The Kier molecular flexibility index (Phi) is 2.50. The van der Waals surface area contributed by atoms with Crippen LogP contribution in [0.4, 0.5) is 4.39 Å². The third-order valence-electron chi connectivity index (χ3n) is 2.51. The Balaban J connectivity index is 2.60. The maximum atomic E-state index is 13.2. The standard InChI is InChI=1S/C8H16FNO/c1-8(6-11)5-10(2)4-3-7(8)9/h7,11H,3-6H2,1-2H3. The fourth-order valence-electron chi connectivity index (χ4n) is 1.63. The second-order valence-electron chi connectivity index (χ2n) is 3.81. The number of hydrogen-bond acceptors (Lipinski definition) is 2. The summed E-state index contributed by atoms with van der Waals surface area (Å²) in [6.07, 6.45) is -0.295.